The molecule has 3 rings (SSSR count). The van der Waals surface area contributed by atoms with Crippen LogP contribution in [0.15, 0.2) is 12.1 Å². The summed E-state index contributed by atoms with van der Waals surface area (Å²) in [6.07, 6.45) is 2.66. The second-order valence-electron chi connectivity index (χ2n) is 5.18. The van der Waals surface area contributed by atoms with E-state index in [2.05, 4.69) is 36.4 Å². The van der Waals surface area contributed by atoms with Crippen LogP contribution in [-0.4, -0.2) is 25.6 Å². The van der Waals surface area contributed by atoms with E-state index in [1.165, 1.54) is 24.1 Å². The molecule has 1 aromatic rings. The number of anilines is 1. The maximum absolute atomic E-state index is 4.82. The van der Waals surface area contributed by atoms with E-state index in [1.54, 1.807) is 0 Å². The number of hydrogen-bond donors (Lipinski definition) is 1. The Morgan fingerprint density at radius 1 is 1.38 bits per heavy atom. The van der Waals surface area contributed by atoms with E-state index in [4.69, 9.17) is 4.98 Å². The number of pyridine rings is 1. The summed E-state index contributed by atoms with van der Waals surface area (Å²) in [7, 11) is 4.11. The average molecular weight is 217 g/mol. The van der Waals surface area contributed by atoms with Gasteiger partial charge in [0.1, 0.15) is 5.82 Å². The minimum Gasteiger partial charge on any atom is -0.363 e. The van der Waals surface area contributed by atoms with Crippen molar-refractivity contribution in [1.29, 1.82) is 0 Å². The lowest BCUT2D eigenvalue weighted by molar-refractivity contribution is 0.580. The fourth-order valence-corrected chi connectivity index (χ4v) is 2.62. The number of nitrogens with zero attached hydrogens (tertiary/aromatic N) is 2. The molecule has 16 heavy (non-hydrogen) atoms. The smallest absolute Gasteiger partial charge is 0.128 e. The zero-order valence-electron chi connectivity index (χ0n) is 10.0. The maximum Gasteiger partial charge on any atom is 0.128 e. The predicted molar refractivity (Wildman–Crippen MR) is 65.7 cm³/mol. The molecule has 1 aliphatic carbocycles. The van der Waals surface area contributed by atoms with Crippen LogP contribution in [0.5, 0.6) is 0 Å². The third-order valence-corrected chi connectivity index (χ3v) is 3.74. The largest absolute Gasteiger partial charge is 0.363 e. The van der Waals surface area contributed by atoms with Crippen molar-refractivity contribution in [2.45, 2.75) is 25.3 Å². The van der Waals surface area contributed by atoms with E-state index < -0.39 is 0 Å². The predicted octanol–water partition coefficient (Wildman–Crippen LogP) is 1.74. The Bertz CT molecular complexity index is 400. The minimum absolute atomic E-state index is 0.747. The molecule has 0 aromatic carbocycles. The van der Waals surface area contributed by atoms with Crippen molar-refractivity contribution < 1.29 is 0 Å². The van der Waals surface area contributed by atoms with Gasteiger partial charge in [-0.25, -0.2) is 4.98 Å². The quantitative estimate of drug-likeness (QED) is 0.776. The molecule has 0 bridgehead atoms. The van der Waals surface area contributed by atoms with Crippen molar-refractivity contribution in [2.75, 3.05) is 25.5 Å². The molecule has 1 saturated carbocycles. The molecule has 0 amide bonds. The first-order valence-corrected chi connectivity index (χ1v) is 6.13. The number of nitrogens with one attached hydrogen (secondary N) is 1. The normalized spacial score (nSPS) is 27.4. The van der Waals surface area contributed by atoms with Gasteiger partial charge < -0.3 is 10.2 Å². The van der Waals surface area contributed by atoms with Crippen molar-refractivity contribution >= 4 is 5.82 Å². The second kappa shape index (κ2) is 3.74. The average Bonchev–Trinajstić information content (AvgIpc) is 2.99. The zero-order valence-corrected chi connectivity index (χ0v) is 10.0. The van der Waals surface area contributed by atoms with Crippen LogP contribution >= 0.6 is 0 Å². The molecule has 0 spiro atoms. The Morgan fingerprint density at radius 3 is 3.06 bits per heavy atom. The molecule has 1 unspecified atom stereocenters. The van der Waals surface area contributed by atoms with Crippen LogP contribution in [0.25, 0.3) is 0 Å². The van der Waals surface area contributed by atoms with Gasteiger partial charge in [-0.1, -0.05) is 6.07 Å². The van der Waals surface area contributed by atoms with Crippen LogP contribution in [-0.2, 0) is 6.54 Å². The summed E-state index contributed by atoms with van der Waals surface area (Å²) in [5.74, 6) is 2.72. The molecule has 1 N–H and O–H groups in total. The van der Waals surface area contributed by atoms with Crippen molar-refractivity contribution in [2.24, 2.45) is 5.92 Å². The van der Waals surface area contributed by atoms with Crippen molar-refractivity contribution in [3.63, 3.8) is 0 Å². The van der Waals surface area contributed by atoms with Gasteiger partial charge in [-0.15, -0.1) is 0 Å². The SMILES string of the molecule is CN(C)c1ccc2c(n1)C1C[C@H]1CCNC2. The number of aromatic nitrogens is 1. The van der Waals surface area contributed by atoms with E-state index in [9.17, 15) is 0 Å². The van der Waals surface area contributed by atoms with Crippen molar-refractivity contribution in [3.05, 3.63) is 23.4 Å². The Labute approximate surface area is 96.9 Å². The summed E-state index contributed by atoms with van der Waals surface area (Å²) in [4.78, 5) is 6.91. The molecule has 2 atom stereocenters. The molecule has 86 valence electrons. The summed E-state index contributed by atoms with van der Waals surface area (Å²) >= 11 is 0. The van der Waals surface area contributed by atoms with Gasteiger partial charge in [0.15, 0.2) is 0 Å². The molecule has 1 aromatic heterocycles. The van der Waals surface area contributed by atoms with E-state index >= 15 is 0 Å². The van der Waals surface area contributed by atoms with Gasteiger partial charge >= 0.3 is 0 Å². The lowest BCUT2D eigenvalue weighted by Crippen LogP contribution is -2.20. The van der Waals surface area contributed by atoms with Gasteiger partial charge in [0.25, 0.3) is 0 Å². The van der Waals surface area contributed by atoms with Crippen LogP contribution in [0, 0.1) is 5.92 Å². The van der Waals surface area contributed by atoms with Crippen LogP contribution < -0.4 is 10.2 Å². The maximum atomic E-state index is 4.82. The zero-order chi connectivity index (χ0) is 11.1. The molecule has 3 heteroatoms. The highest BCUT2D eigenvalue weighted by molar-refractivity contribution is 5.42. The molecule has 1 aliphatic heterocycles. The van der Waals surface area contributed by atoms with Gasteiger partial charge in [-0.05, 0) is 36.9 Å². The lowest BCUT2D eigenvalue weighted by atomic mass is 10.1. The highest BCUT2D eigenvalue weighted by atomic mass is 15.1. The summed E-state index contributed by atoms with van der Waals surface area (Å²) in [5.41, 5.74) is 2.75. The van der Waals surface area contributed by atoms with E-state index in [1.807, 2.05) is 0 Å². The second-order valence-corrected chi connectivity index (χ2v) is 5.18. The van der Waals surface area contributed by atoms with Crippen molar-refractivity contribution in [1.82, 2.24) is 10.3 Å². The third-order valence-electron chi connectivity index (χ3n) is 3.74. The van der Waals surface area contributed by atoms with E-state index in [0.29, 0.717) is 0 Å². The fraction of sp³-hybridized carbons (Fsp3) is 0.615. The number of fused-ring (bicyclic) bond motifs is 3. The molecule has 0 saturated heterocycles. The molecular weight excluding hydrogens is 198 g/mol. The van der Waals surface area contributed by atoms with E-state index in [0.717, 1.165) is 30.7 Å². The summed E-state index contributed by atoms with van der Waals surface area (Å²) < 4.78 is 0. The van der Waals surface area contributed by atoms with Gasteiger partial charge in [0, 0.05) is 26.6 Å². The molecule has 1 fully saturated rings. The Hall–Kier alpha value is -1.09. The van der Waals surface area contributed by atoms with E-state index in [-0.39, 0.29) is 0 Å². The Morgan fingerprint density at radius 2 is 2.25 bits per heavy atom. The summed E-state index contributed by atoms with van der Waals surface area (Å²) in [6.45, 7) is 2.15. The van der Waals surface area contributed by atoms with Crippen LogP contribution in [0.2, 0.25) is 0 Å². The topological polar surface area (TPSA) is 28.2 Å². The minimum atomic E-state index is 0.747. The lowest BCUT2D eigenvalue weighted by Gasteiger charge is -2.17. The molecule has 2 aliphatic rings. The fourth-order valence-electron chi connectivity index (χ4n) is 2.62. The van der Waals surface area contributed by atoms with Gasteiger partial charge in [0.05, 0.1) is 5.69 Å². The standard InChI is InChI=1S/C13H19N3/c1-16(2)12-4-3-10-8-14-6-5-9-7-11(9)13(10)15-12/h3-4,9,11,14H,5-8H2,1-2H3/t9-,11?/m1/s1. The highest BCUT2D eigenvalue weighted by Gasteiger charge is 2.40. The van der Waals surface area contributed by atoms with Gasteiger partial charge in [-0.2, -0.15) is 0 Å². The Kier molecular flexibility index (Phi) is 2.36. The molecule has 2 heterocycles. The Balaban J connectivity index is 1.98. The molecule has 0 radical (unpaired) electrons. The number of hydrogen-bond acceptors (Lipinski definition) is 3. The van der Waals surface area contributed by atoms with Gasteiger partial charge in [0.2, 0.25) is 0 Å². The first-order valence-electron chi connectivity index (χ1n) is 6.13. The third kappa shape index (κ3) is 1.69. The van der Waals surface area contributed by atoms with Crippen molar-refractivity contribution in [3.8, 4) is 0 Å². The molecule has 3 nitrogen and oxygen atoms in total. The monoisotopic (exact) mass is 217 g/mol. The summed E-state index contributed by atoms with van der Waals surface area (Å²) in [6, 6.07) is 4.37. The van der Waals surface area contributed by atoms with Crippen LogP contribution in [0.3, 0.4) is 0 Å². The first-order chi connectivity index (χ1) is 7.75. The molecular formula is C13H19N3. The highest BCUT2D eigenvalue weighted by Crippen LogP contribution is 2.50. The van der Waals surface area contributed by atoms with Crippen LogP contribution in [0.4, 0.5) is 5.82 Å². The van der Waals surface area contributed by atoms with Gasteiger partial charge in [-0.3, -0.25) is 0 Å². The number of rotatable bonds is 1. The first kappa shape index (κ1) is 10.1. The van der Waals surface area contributed by atoms with Crippen LogP contribution in [0.1, 0.15) is 30.0 Å². The summed E-state index contributed by atoms with van der Waals surface area (Å²) in [5, 5.41) is 3.50.